The standard InChI is InChI=1S/C8H9ClS.C2H4S/c1-10-6-7-3-2-4-8(9)5-7;1-2-3/h2-5H,6H2,1H3;2H,1H3. The molecule has 0 aromatic heterocycles. The average Bonchev–Trinajstić information content (AvgIpc) is 2.06. The molecule has 0 N–H and O–H groups in total. The second-order valence-electron chi connectivity index (χ2n) is 2.30. The molecular weight excluding hydrogens is 220 g/mol. The first-order valence-electron chi connectivity index (χ1n) is 3.87. The van der Waals surface area contributed by atoms with E-state index in [1.54, 1.807) is 17.1 Å². The van der Waals surface area contributed by atoms with Crippen LogP contribution >= 0.6 is 35.6 Å². The van der Waals surface area contributed by atoms with Crippen molar-refractivity contribution in [1.29, 1.82) is 0 Å². The van der Waals surface area contributed by atoms with Gasteiger partial charge in [0.15, 0.2) is 0 Å². The third kappa shape index (κ3) is 7.05. The molecule has 0 aliphatic heterocycles. The van der Waals surface area contributed by atoms with Gasteiger partial charge < -0.3 is 0 Å². The summed E-state index contributed by atoms with van der Waals surface area (Å²) in [5.41, 5.74) is 1.29. The van der Waals surface area contributed by atoms with Gasteiger partial charge in [0.25, 0.3) is 0 Å². The molecule has 0 atom stereocenters. The molecule has 1 aromatic carbocycles. The van der Waals surface area contributed by atoms with Crippen LogP contribution in [0.4, 0.5) is 0 Å². The van der Waals surface area contributed by atoms with Crippen LogP contribution in [0.1, 0.15) is 12.5 Å². The lowest BCUT2D eigenvalue weighted by atomic mass is 10.2. The van der Waals surface area contributed by atoms with E-state index in [4.69, 9.17) is 11.6 Å². The largest absolute Gasteiger partial charge is 0.161 e. The summed E-state index contributed by atoms with van der Waals surface area (Å²) in [6, 6.07) is 7.96. The van der Waals surface area contributed by atoms with E-state index in [-0.39, 0.29) is 0 Å². The van der Waals surface area contributed by atoms with Crippen LogP contribution in [0.15, 0.2) is 24.3 Å². The van der Waals surface area contributed by atoms with Gasteiger partial charge >= 0.3 is 0 Å². The van der Waals surface area contributed by atoms with Crippen LogP contribution in [0.25, 0.3) is 0 Å². The smallest absolute Gasteiger partial charge is 0.0409 e. The molecular formula is C10H13ClS2. The summed E-state index contributed by atoms with van der Waals surface area (Å²) in [6.45, 7) is 1.81. The normalized spacial score (nSPS) is 8.54. The number of hydrogen-bond donors (Lipinski definition) is 0. The molecule has 0 saturated carbocycles. The van der Waals surface area contributed by atoms with Crippen LogP contribution < -0.4 is 0 Å². The zero-order valence-electron chi connectivity index (χ0n) is 7.79. The SMILES string of the molecule is CC=S.CSCc1cccc(Cl)c1. The molecule has 0 unspecified atom stereocenters. The van der Waals surface area contributed by atoms with Crippen molar-refractivity contribution >= 4 is 40.9 Å². The lowest BCUT2D eigenvalue weighted by Gasteiger charge is -1.96. The summed E-state index contributed by atoms with van der Waals surface area (Å²) in [5, 5.41) is 2.41. The van der Waals surface area contributed by atoms with Gasteiger partial charge in [0.1, 0.15) is 0 Å². The molecule has 0 aliphatic rings. The van der Waals surface area contributed by atoms with E-state index in [9.17, 15) is 0 Å². The van der Waals surface area contributed by atoms with Gasteiger partial charge in [-0.2, -0.15) is 11.8 Å². The van der Waals surface area contributed by atoms with Crippen LogP contribution in [-0.4, -0.2) is 11.6 Å². The van der Waals surface area contributed by atoms with Crippen molar-refractivity contribution in [3.05, 3.63) is 34.9 Å². The predicted molar refractivity (Wildman–Crippen MR) is 68.0 cm³/mol. The van der Waals surface area contributed by atoms with Crippen molar-refractivity contribution in [3.63, 3.8) is 0 Å². The molecule has 0 aliphatic carbocycles. The Balaban J connectivity index is 0.000000424. The van der Waals surface area contributed by atoms with Gasteiger partial charge in [-0.1, -0.05) is 36.0 Å². The Bertz CT molecular complexity index is 248. The highest BCUT2D eigenvalue weighted by molar-refractivity contribution is 7.97. The van der Waals surface area contributed by atoms with Gasteiger partial charge in [-0.05, 0) is 36.2 Å². The molecule has 3 heteroatoms. The Kier molecular flexibility index (Phi) is 8.51. The van der Waals surface area contributed by atoms with Crippen LogP contribution in [0.2, 0.25) is 5.02 Å². The zero-order chi connectivity index (χ0) is 10.1. The summed E-state index contributed by atoms with van der Waals surface area (Å²) >= 11 is 11.8. The minimum atomic E-state index is 0.826. The summed E-state index contributed by atoms with van der Waals surface area (Å²) in [4.78, 5) is 0. The minimum Gasteiger partial charge on any atom is -0.161 e. The highest BCUT2D eigenvalue weighted by Gasteiger charge is 1.90. The lowest BCUT2D eigenvalue weighted by molar-refractivity contribution is 1.42. The Morgan fingerprint density at radius 3 is 2.62 bits per heavy atom. The monoisotopic (exact) mass is 232 g/mol. The minimum absolute atomic E-state index is 0.826. The molecule has 0 fully saturated rings. The van der Waals surface area contributed by atoms with Gasteiger partial charge in [-0.3, -0.25) is 0 Å². The summed E-state index contributed by atoms with van der Waals surface area (Å²) < 4.78 is 0. The molecule has 0 nitrogen and oxygen atoms in total. The molecule has 1 aromatic rings. The number of thiocarbonyl (C=S) groups is 1. The maximum Gasteiger partial charge on any atom is 0.0409 e. The number of halogens is 1. The molecule has 0 heterocycles. The third-order valence-electron chi connectivity index (χ3n) is 1.20. The van der Waals surface area contributed by atoms with E-state index in [2.05, 4.69) is 24.5 Å². The van der Waals surface area contributed by atoms with Crippen molar-refractivity contribution in [2.75, 3.05) is 6.26 Å². The quantitative estimate of drug-likeness (QED) is 0.701. The van der Waals surface area contributed by atoms with Crippen molar-refractivity contribution < 1.29 is 0 Å². The second kappa shape index (κ2) is 8.54. The summed E-state index contributed by atoms with van der Waals surface area (Å²) in [5.74, 6) is 1.04. The fourth-order valence-corrected chi connectivity index (χ4v) is 1.52. The molecule has 72 valence electrons. The lowest BCUT2D eigenvalue weighted by Crippen LogP contribution is -1.76. The van der Waals surface area contributed by atoms with Crippen LogP contribution in [-0.2, 0) is 5.75 Å². The number of hydrogen-bond acceptors (Lipinski definition) is 2. The number of thioether (sulfide) groups is 1. The average molecular weight is 233 g/mol. The van der Waals surface area contributed by atoms with Crippen LogP contribution in [0.5, 0.6) is 0 Å². The molecule has 1 rings (SSSR count). The van der Waals surface area contributed by atoms with E-state index < -0.39 is 0 Å². The van der Waals surface area contributed by atoms with E-state index >= 15 is 0 Å². The topological polar surface area (TPSA) is 0 Å². The summed E-state index contributed by atoms with van der Waals surface area (Å²) in [6.07, 6.45) is 2.08. The number of benzene rings is 1. The molecule has 0 amide bonds. The predicted octanol–water partition coefficient (Wildman–Crippen LogP) is 4.21. The number of rotatable bonds is 2. The Labute approximate surface area is 94.7 Å². The van der Waals surface area contributed by atoms with E-state index in [1.165, 1.54) is 5.56 Å². The van der Waals surface area contributed by atoms with Crippen molar-refractivity contribution in [2.45, 2.75) is 12.7 Å². The highest BCUT2D eigenvalue weighted by Crippen LogP contribution is 2.14. The first-order valence-corrected chi connectivity index (χ1v) is 6.12. The first-order chi connectivity index (χ1) is 6.24. The molecule has 13 heavy (non-hydrogen) atoms. The van der Waals surface area contributed by atoms with E-state index in [0.29, 0.717) is 0 Å². The van der Waals surface area contributed by atoms with Crippen LogP contribution in [0, 0.1) is 0 Å². The molecule has 0 bridgehead atoms. The summed E-state index contributed by atoms with van der Waals surface area (Å²) in [7, 11) is 0. The molecule has 0 radical (unpaired) electrons. The van der Waals surface area contributed by atoms with Gasteiger partial charge in [0.2, 0.25) is 0 Å². The van der Waals surface area contributed by atoms with Gasteiger partial charge in [0, 0.05) is 10.8 Å². The maximum atomic E-state index is 5.77. The Morgan fingerprint density at radius 2 is 2.15 bits per heavy atom. The molecule has 0 saturated heterocycles. The van der Waals surface area contributed by atoms with Crippen molar-refractivity contribution in [2.24, 2.45) is 0 Å². The fourth-order valence-electron chi connectivity index (χ4n) is 0.793. The third-order valence-corrected chi connectivity index (χ3v) is 2.06. The van der Waals surface area contributed by atoms with E-state index in [1.807, 2.05) is 25.1 Å². The zero-order valence-corrected chi connectivity index (χ0v) is 10.2. The highest BCUT2D eigenvalue weighted by atomic mass is 35.5. The van der Waals surface area contributed by atoms with Crippen LogP contribution in [0.3, 0.4) is 0 Å². The van der Waals surface area contributed by atoms with Gasteiger partial charge in [-0.15, -0.1) is 0 Å². The van der Waals surface area contributed by atoms with Crippen molar-refractivity contribution in [3.8, 4) is 0 Å². The van der Waals surface area contributed by atoms with E-state index in [0.717, 1.165) is 10.8 Å². The van der Waals surface area contributed by atoms with Gasteiger partial charge in [0.05, 0.1) is 0 Å². The van der Waals surface area contributed by atoms with Crippen molar-refractivity contribution in [1.82, 2.24) is 0 Å². The molecule has 0 spiro atoms. The first kappa shape index (κ1) is 12.9. The maximum absolute atomic E-state index is 5.77. The Morgan fingerprint density at radius 1 is 1.54 bits per heavy atom. The fraction of sp³-hybridized carbons (Fsp3) is 0.300. The second-order valence-corrected chi connectivity index (χ2v) is 4.07. The van der Waals surface area contributed by atoms with Gasteiger partial charge in [-0.25, -0.2) is 0 Å². The Hall–Kier alpha value is -0.0500.